The largest absolute Gasteiger partial charge is 0.355 e. The van der Waals surface area contributed by atoms with Gasteiger partial charge in [0.05, 0.1) is 0 Å². The molecule has 0 aliphatic carbocycles. The quantitative estimate of drug-likeness (QED) is 0.432. The first kappa shape index (κ1) is 5.90. The van der Waals surface area contributed by atoms with Crippen LogP contribution in [0.5, 0.6) is 0 Å². The second-order valence-corrected chi connectivity index (χ2v) is 2.05. The van der Waals surface area contributed by atoms with E-state index in [-0.39, 0.29) is 11.5 Å². The highest BCUT2D eigenvalue weighted by Crippen LogP contribution is 2.14. The summed E-state index contributed by atoms with van der Waals surface area (Å²) in [6.45, 7) is 0. The van der Waals surface area contributed by atoms with Crippen LogP contribution in [0.1, 0.15) is 0 Å². The zero-order chi connectivity index (χ0) is 7.84. The number of aliphatic imine (C=N–C) groups is 1. The summed E-state index contributed by atoms with van der Waals surface area (Å²) in [5.74, 6) is 0.417. The Balaban J connectivity index is 2.76. The Morgan fingerprint density at radius 1 is 1.64 bits per heavy atom. The number of rotatable bonds is 0. The lowest BCUT2D eigenvalue weighted by molar-refractivity contribution is 1.12. The molecule has 1 aromatic rings. The average molecular weight is 151 g/mol. The molecule has 0 atom stereocenters. The summed E-state index contributed by atoms with van der Waals surface area (Å²) in [5, 5.41) is 2.64. The van der Waals surface area contributed by atoms with E-state index in [1.54, 1.807) is 0 Å². The van der Waals surface area contributed by atoms with E-state index in [9.17, 15) is 4.79 Å². The molecule has 0 bridgehead atoms. The van der Waals surface area contributed by atoms with Crippen molar-refractivity contribution in [3.05, 3.63) is 10.4 Å². The molecule has 55 valence electrons. The lowest BCUT2D eigenvalue weighted by Gasteiger charge is -1.87. The van der Waals surface area contributed by atoms with Crippen LogP contribution in [0.3, 0.4) is 0 Å². The van der Waals surface area contributed by atoms with Crippen molar-refractivity contribution in [3.63, 3.8) is 0 Å². The Morgan fingerprint density at radius 2 is 2.45 bits per heavy atom. The van der Waals surface area contributed by atoms with Gasteiger partial charge in [-0.3, -0.25) is 15.1 Å². The third kappa shape index (κ3) is 0.759. The van der Waals surface area contributed by atoms with Crippen molar-refractivity contribution in [3.8, 4) is 0 Å². The number of nitrogens with one attached hydrogen (secondary N) is 2. The Kier molecular flexibility index (Phi) is 0.974. The number of nitrogen functional groups attached to an aromatic ring is 1. The maximum absolute atomic E-state index is 11.0. The predicted molar refractivity (Wildman–Crippen MR) is 40.8 cm³/mol. The first-order chi connectivity index (χ1) is 5.27. The molecule has 1 aliphatic heterocycles. The zero-order valence-corrected chi connectivity index (χ0v) is 5.46. The van der Waals surface area contributed by atoms with E-state index < -0.39 is 0 Å². The molecule has 4 N–H and O–H groups in total. The van der Waals surface area contributed by atoms with Crippen LogP contribution in [0.15, 0.2) is 4.79 Å². The molecule has 0 saturated heterocycles. The Morgan fingerprint density at radius 3 is 3.27 bits per heavy atom. The summed E-state index contributed by atoms with van der Waals surface area (Å²) >= 11 is 0. The number of H-pyrrole nitrogens is 1. The van der Waals surface area contributed by atoms with E-state index >= 15 is 0 Å². The fraction of sp³-hybridized carbons (Fsp3) is 0. The number of nitrogens with two attached hydrogens (primary N) is 1. The van der Waals surface area contributed by atoms with Gasteiger partial charge in [0.2, 0.25) is 12.0 Å². The number of aromatic amines is 1. The van der Waals surface area contributed by atoms with Gasteiger partial charge in [-0.1, -0.05) is 9.98 Å². The molecule has 2 heterocycles. The van der Waals surface area contributed by atoms with Gasteiger partial charge < -0.3 is 5.73 Å². The van der Waals surface area contributed by atoms with Gasteiger partial charge in [-0.2, -0.15) is 0 Å². The van der Waals surface area contributed by atoms with Crippen molar-refractivity contribution in [1.29, 1.82) is 0 Å². The average Bonchev–Trinajstić information content (AvgIpc) is 2.34. The first-order valence-corrected chi connectivity index (χ1v) is 2.96. The zero-order valence-electron chi connectivity index (χ0n) is 5.46. The fourth-order valence-corrected chi connectivity index (χ4v) is 0.860. The minimum Gasteiger partial charge on any atom is -0.355 e. The second-order valence-electron chi connectivity index (χ2n) is 2.05. The molecule has 1 radical (unpaired) electrons. The first-order valence-electron chi connectivity index (χ1n) is 2.96. The van der Waals surface area contributed by atoms with Crippen LogP contribution in [0, 0.1) is 0 Å². The minimum absolute atomic E-state index is 0.0783. The third-order valence-electron chi connectivity index (χ3n) is 1.31. The van der Waals surface area contributed by atoms with Gasteiger partial charge in [0.15, 0.2) is 0 Å². The van der Waals surface area contributed by atoms with Crippen molar-refractivity contribution >= 4 is 23.8 Å². The van der Waals surface area contributed by atoms with Gasteiger partial charge in [-0.05, 0) is 0 Å². The summed E-state index contributed by atoms with van der Waals surface area (Å²) < 4.78 is 0. The van der Waals surface area contributed by atoms with Crippen LogP contribution in [-0.4, -0.2) is 16.3 Å². The highest BCUT2D eigenvalue weighted by Gasteiger charge is 2.21. The standard InChI is InChI=1S/C5H5N5O/c6-5-9-3-2(4(11)10-5)7-1-8-3/h1,7H,(H3,6,9,10,11)/q+1. The molecule has 6 nitrogen and oxygen atoms in total. The molecule has 0 fully saturated rings. The van der Waals surface area contributed by atoms with Gasteiger partial charge in [0, 0.05) is 0 Å². The third-order valence-corrected chi connectivity index (χ3v) is 1.31. The Labute approximate surface area is 61.2 Å². The normalized spacial score (nSPS) is 12.7. The molecule has 0 spiro atoms. The van der Waals surface area contributed by atoms with Crippen LogP contribution in [-0.2, 0) is 0 Å². The maximum atomic E-state index is 11.0. The summed E-state index contributed by atoms with van der Waals surface area (Å²) in [5.41, 5.74) is 5.31. The molecule has 6 heteroatoms. The van der Waals surface area contributed by atoms with Crippen LogP contribution in [0.4, 0.5) is 17.5 Å². The summed E-state index contributed by atoms with van der Waals surface area (Å²) in [6, 6.07) is 0. The number of hydrogen-bond acceptors (Lipinski definition) is 5. The van der Waals surface area contributed by atoms with Crippen molar-refractivity contribution in [2.24, 2.45) is 0 Å². The molecule has 11 heavy (non-hydrogen) atoms. The second kappa shape index (κ2) is 1.82. The van der Waals surface area contributed by atoms with Crippen LogP contribution < -0.4 is 21.6 Å². The highest BCUT2D eigenvalue weighted by atomic mass is 16.1. The predicted octanol–water partition coefficient (Wildman–Crippen LogP) is -1.23. The smallest absolute Gasteiger partial charge is 0.345 e. The number of aromatic nitrogens is 2. The molecular formula is C5H5N5O+. The molecule has 2 rings (SSSR count). The molecular weight excluding hydrogens is 146 g/mol. The van der Waals surface area contributed by atoms with Gasteiger partial charge in [-0.25, -0.2) is 0 Å². The van der Waals surface area contributed by atoms with E-state index in [1.165, 1.54) is 6.34 Å². The van der Waals surface area contributed by atoms with Gasteiger partial charge in [0.1, 0.15) is 0 Å². The number of hydrogen-bond donors (Lipinski definition) is 3. The molecule has 0 unspecified atom stereocenters. The maximum Gasteiger partial charge on any atom is 0.345 e. The molecule has 1 aromatic heterocycles. The monoisotopic (exact) mass is 151 g/mol. The Bertz CT molecular complexity index is 379. The van der Waals surface area contributed by atoms with Crippen molar-refractivity contribution in [2.45, 2.75) is 0 Å². The molecule has 1 aliphatic rings. The lowest BCUT2D eigenvalue weighted by Crippen LogP contribution is -2.13. The van der Waals surface area contributed by atoms with Crippen molar-refractivity contribution in [1.82, 2.24) is 15.0 Å². The molecule has 0 amide bonds. The SMILES string of the molecule is Nc1nc2c(c(=O)[nH]1)NC=[N+]2. The van der Waals surface area contributed by atoms with Crippen LogP contribution in [0.25, 0.3) is 0 Å². The molecule has 0 aromatic carbocycles. The Hall–Kier alpha value is -1.85. The van der Waals surface area contributed by atoms with E-state index in [2.05, 4.69) is 20.3 Å². The van der Waals surface area contributed by atoms with Gasteiger partial charge in [0.25, 0.3) is 11.5 Å². The highest BCUT2D eigenvalue weighted by molar-refractivity contribution is 5.87. The number of nitrogens with zero attached hydrogens (tertiary/aromatic N) is 2. The van der Waals surface area contributed by atoms with E-state index in [0.29, 0.717) is 11.5 Å². The summed E-state index contributed by atoms with van der Waals surface area (Å²) in [6.07, 6.45) is 1.40. The van der Waals surface area contributed by atoms with E-state index in [1.807, 2.05) is 0 Å². The van der Waals surface area contributed by atoms with Crippen molar-refractivity contribution in [2.75, 3.05) is 11.1 Å². The number of fused-ring (bicyclic) bond motifs is 1. The van der Waals surface area contributed by atoms with E-state index in [4.69, 9.17) is 5.73 Å². The minimum atomic E-state index is -0.301. The van der Waals surface area contributed by atoms with Crippen LogP contribution in [0.2, 0.25) is 0 Å². The van der Waals surface area contributed by atoms with Crippen LogP contribution >= 0.6 is 0 Å². The molecule has 0 saturated carbocycles. The van der Waals surface area contributed by atoms with E-state index in [0.717, 1.165) is 0 Å². The van der Waals surface area contributed by atoms with Crippen molar-refractivity contribution < 1.29 is 0 Å². The van der Waals surface area contributed by atoms with Gasteiger partial charge >= 0.3 is 5.82 Å². The lowest BCUT2D eigenvalue weighted by atomic mass is 10.5. The topological polar surface area (TPSA) is 97.9 Å². The summed E-state index contributed by atoms with van der Waals surface area (Å²) in [4.78, 5) is 20.9. The number of anilines is 2. The summed E-state index contributed by atoms with van der Waals surface area (Å²) in [7, 11) is 0. The van der Waals surface area contributed by atoms with Gasteiger partial charge in [-0.15, -0.1) is 0 Å². The fourth-order valence-electron chi connectivity index (χ4n) is 0.860.